The van der Waals surface area contributed by atoms with Gasteiger partial charge in [-0.05, 0) is 80.3 Å². The van der Waals surface area contributed by atoms with Crippen LogP contribution in [0.15, 0.2) is 11.6 Å². The number of Topliss-reactive ketones (excluding diaryl/α,β-unsaturated/α-hetero) is 1. The molecule has 4 nitrogen and oxygen atoms in total. The number of carbonyl (C=O) groups is 2. The Bertz CT molecular complexity index is 667. The number of hydrogen-bond donors (Lipinski definition) is 2. The second kappa shape index (κ2) is 5.26. The summed E-state index contributed by atoms with van der Waals surface area (Å²) in [5.41, 5.74) is -0.780. The molecule has 3 fully saturated rings. The molecule has 0 saturated heterocycles. The van der Waals surface area contributed by atoms with Gasteiger partial charge in [0.15, 0.2) is 11.6 Å². The lowest BCUT2D eigenvalue weighted by Gasteiger charge is -2.59. The van der Waals surface area contributed by atoms with E-state index < -0.39 is 11.7 Å². The Morgan fingerprint density at radius 3 is 2.52 bits per heavy atom. The highest BCUT2D eigenvalue weighted by molar-refractivity contribution is 5.92. The second-order valence-electron chi connectivity index (χ2n) is 9.52. The Morgan fingerprint density at radius 1 is 1.16 bits per heavy atom. The van der Waals surface area contributed by atoms with Crippen molar-refractivity contribution >= 4 is 11.6 Å². The molecular weight excluding hydrogens is 316 g/mol. The summed E-state index contributed by atoms with van der Waals surface area (Å²) in [5.74, 6) is 1.05. The first-order chi connectivity index (χ1) is 11.6. The smallest absolute Gasteiger partial charge is 0.161 e. The average Bonchev–Trinajstić information content (AvgIpc) is 2.83. The van der Waals surface area contributed by atoms with Gasteiger partial charge in [0.1, 0.15) is 5.60 Å². The predicted molar refractivity (Wildman–Crippen MR) is 93.7 cm³/mol. The van der Waals surface area contributed by atoms with Crippen LogP contribution in [-0.2, 0) is 9.59 Å². The van der Waals surface area contributed by atoms with Crippen molar-refractivity contribution in [3.63, 3.8) is 0 Å². The van der Waals surface area contributed by atoms with Crippen molar-refractivity contribution in [2.45, 2.75) is 77.4 Å². The van der Waals surface area contributed by atoms with Crippen LogP contribution in [-0.4, -0.2) is 33.5 Å². The van der Waals surface area contributed by atoms with Gasteiger partial charge in [0.25, 0.3) is 0 Å². The summed E-state index contributed by atoms with van der Waals surface area (Å²) < 4.78 is 0. The van der Waals surface area contributed by atoms with E-state index >= 15 is 0 Å². The van der Waals surface area contributed by atoms with Crippen molar-refractivity contribution in [3.05, 3.63) is 11.6 Å². The molecule has 0 amide bonds. The minimum absolute atomic E-state index is 0.109. The minimum atomic E-state index is -1.22. The first kappa shape index (κ1) is 17.4. The maximum Gasteiger partial charge on any atom is 0.161 e. The summed E-state index contributed by atoms with van der Waals surface area (Å²) in [6, 6.07) is 0. The quantitative estimate of drug-likeness (QED) is 0.766. The molecule has 25 heavy (non-hydrogen) atoms. The van der Waals surface area contributed by atoms with Crippen LogP contribution in [0.25, 0.3) is 0 Å². The van der Waals surface area contributed by atoms with E-state index in [-0.39, 0.29) is 28.3 Å². The molecule has 138 valence electrons. The van der Waals surface area contributed by atoms with Crippen LogP contribution in [0.2, 0.25) is 0 Å². The summed E-state index contributed by atoms with van der Waals surface area (Å²) in [5, 5.41) is 22.0. The van der Waals surface area contributed by atoms with Crippen LogP contribution >= 0.6 is 0 Å². The Balaban J connectivity index is 1.73. The Hall–Kier alpha value is -1.00. The molecule has 2 N–H and O–H groups in total. The Morgan fingerprint density at radius 2 is 1.84 bits per heavy atom. The molecule has 4 heteroatoms. The maximum atomic E-state index is 12.2. The molecule has 0 spiro atoms. The zero-order chi connectivity index (χ0) is 18.2. The second-order valence-corrected chi connectivity index (χ2v) is 9.52. The summed E-state index contributed by atoms with van der Waals surface area (Å²) in [7, 11) is 0. The van der Waals surface area contributed by atoms with Gasteiger partial charge in [-0.1, -0.05) is 13.8 Å². The van der Waals surface area contributed by atoms with Crippen molar-refractivity contribution in [1.82, 2.24) is 0 Å². The number of aliphatic hydroxyl groups is 2. The third-order valence-corrected chi connectivity index (χ3v) is 8.71. The monoisotopic (exact) mass is 346 g/mol. The number of aliphatic hydroxyl groups excluding tert-OH is 1. The first-order valence-corrected chi connectivity index (χ1v) is 9.80. The van der Waals surface area contributed by atoms with Crippen LogP contribution in [0.3, 0.4) is 0 Å². The van der Waals surface area contributed by atoms with Gasteiger partial charge < -0.3 is 10.2 Å². The number of rotatable bonds is 1. The molecule has 0 heterocycles. The topological polar surface area (TPSA) is 74.6 Å². The zero-order valence-corrected chi connectivity index (χ0v) is 15.5. The van der Waals surface area contributed by atoms with Gasteiger partial charge in [-0.2, -0.15) is 0 Å². The van der Waals surface area contributed by atoms with Crippen molar-refractivity contribution in [1.29, 1.82) is 0 Å². The molecule has 0 bridgehead atoms. The number of hydrogen-bond acceptors (Lipinski definition) is 4. The molecule has 0 unspecified atom stereocenters. The third kappa shape index (κ3) is 2.07. The number of ketones is 2. The molecule has 4 aliphatic rings. The van der Waals surface area contributed by atoms with E-state index in [1.165, 1.54) is 6.92 Å². The zero-order valence-electron chi connectivity index (χ0n) is 15.5. The van der Waals surface area contributed by atoms with Gasteiger partial charge >= 0.3 is 0 Å². The van der Waals surface area contributed by atoms with E-state index in [1.807, 2.05) is 0 Å². The van der Waals surface area contributed by atoms with Gasteiger partial charge in [0.05, 0.1) is 6.10 Å². The van der Waals surface area contributed by atoms with Gasteiger partial charge in [0, 0.05) is 11.8 Å². The summed E-state index contributed by atoms with van der Waals surface area (Å²) in [4.78, 5) is 24.1. The highest BCUT2D eigenvalue weighted by Crippen LogP contribution is 2.67. The Labute approximate surface area is 149 Å². The molecule has 0 aromatic carbocycles. The summed E-state index contributed by atoms with van der Waals surface area (Å²) in [6.45, 7) is 5.83. The summed E-state index contributed by atoms with van der Waals surface area (Å²) in [6.07, 6.45) is 6.39. The van der Waals surface area contributed by atoms with Crippen molar-refractivity contribution in [3.8, 4) is 0 Å². The van der Waals surface area contributed by atoms with Crippen molar-refractivity contribution in [2.24, 2.45) is 28.6 Å². The van der Waals surface area contributed by atoms with Crippen LogP contribution < -0.4 is 0 Å². The van der Waals surface area contributed by atoms with E-state index in [4.69, 9.17) is 0 Å². The lowest BCUT2D eigenvalue weighted by molar-refractivity contribution is -0.162. The van der Waals surface area contributed by atoms with Crippen LogP contribution in [0.5, 0.6) is 0 Å². The largest absolute Gasteiger partial charge is 0.389 e. The number of carbonyl (C=O) groups excluding carboxylic acids is 2. The molecule has 0 aromatic heterocycles. The molecule has 0 aromatic rings. The van der Waals surface area contributed by atoms with Crippen LogP contribution in [0, 0.1) is 28.6 Å². The van der Waals surface area contributed by atoms with Crippen LogP contribution in [0.1, 0.15) is 65.7 Å². The molecular formula is C21H30O4. The lowest BCUT2D eigenvalue weighted by atomic mass is 9.46. The summed E-state index contributed by atoms with van der Waals surface area (Å²) >= 11 is 0. The SMILES string of the molecule is CC(=O)[C@@]1(O)CC[C@H]2[C@@H]3C[C@H](O)C4=CC(=O)CC[C@]4(C)[C@H]3CC[C@@]21C. The van der Waals surface area contributed by atoms with Gasteiger partial charge in [-0.3, -0.25) is 9.59 Å². The van der Waals surface area contributed by atoms with E-state index in [2.05, 4.69) is 13.8 Å². The maximum absolute atomic E-state index is 12.2. The fourth-order valence-corrected chi connectivity index (χ4v) is 7.20. The lowest BCUT2D eigenvalue weighted by Crippen LogP contribution is -2.58. The minimum Gasteiger partial charge on any atom is -0.389 e. The normalized spacial score (nSPS) is 52.0. The fourth-order valence-electron chi connectivity index (χ4n) is 7.20. The molecule has 0 aliphatic heterocycles. The van der Waals surface area contributed by atoms with Gasteiger partial charge in [0.2, 0.25) is 0 Å². The fraction of sp³-hybridized carbons (Fsp3) is 0.810. The average molecular weight is 346 g/mol. The van der Waals surface area contributed by atoms with Gasteiger partial charge in [-0.25, -0.2) is 0 Å². The molecule has 7 atom stereocenters. The molecule has 4 rings (SSSR count). The van der Waals surface area contributed by atoms with Crippen LogP contribution in [0.4, 0.5) is 0 Å². The highest BCUT2D eigenvalue weighted by atomic mass is 16.3. The van der Waals surface area contributed by atoms with E-state index in [9.17, 15) is 19.8 Å². The third-order valence-electron chi connectivity index (χ3n) is 8.71. The Kier molecular flexibility index (Phi) is 3.66. The van der Waals surface area contributed by atoms with E-state index in [0.717, 1.165) is 31.3 Å². The van der Waals surface area contributed by atoms with Crippen molar-refractivity contribution in [2.75, 3.05) is 0 Å². The van der Waals surface area contributed by atoms with Crippen molar-refractivity contribution < 1.29 is 19.8 Å². The predicted octanol–water partition coefficient (Wildman–Crippen LogP) is 2.81. The number of fused-ring (bicyclic) bond motifs is 5. The standard InChI is InChI=1S/C21H30O4/c1-12(22)21(25)9-6-16-14-11-18(24)17-10-13(23)4-7-19(17,2)15(14)5-8-20(16,21)3/h10,14-16,18,24-25H,4-9,11H2,1-3H3/t14-,15+,16+,18+,19-,20+,21+/m1/s1. The highest BCUT2D eigenvalue weighted by Gasteiger charge is 2.66. The molecule has 4 aliphatic carbocycles. The molecule has 0 radical (unpaired) electrons. The van der Waals surface area contributed by atoms with E-state index in [1.54, 1.807) is 6.08 Å². The van der Waals surface area contributed by atoms with Gasteiger partial charge in [-0.15, -0.1) is 0 Å². The van der Waals surface area contributed by atoms with E-state index in [0.29, 0.717) is 31.1 Å². The molecule has 3 saturated carbocycles. The first-order valence-electron chi connectivity index (χ1n) is 9.80.